The smallest absolute Gasteiger partial charge is 0.173 e. The van der Waals surface area contributed by atoms with Crippen molar-refractivity contribution >= 4 is 5.65 Å². The topological polar surface area (TPSA) is 54.0 Å². The molecule has 4 heteroatoms. The number of aromatic nitrogens is 3. The minimum Gasteiger partial charge on any atom is -0.233 e. The van der Waals surface area contributed by atoms with Crippen molar-refractivity contribution in [3.8, 4) is 6.07 Å². The van der Waals surface area contributed by atoms with Crippen molar-refractivity contribution in [2.75, 3.05) is 0 Å². The number of nitriles is 1. The second kappa shape index (κ2) is 2.31. The first-order valence-electron chi connectivity index (χ1n) is 3.52. The van der Waals surface area contributed by atoms with Crippen LogP contribution >= 0.6 is 0 Å². The molecule has 0 aliphatic rings. The molecule has 0 aromatic carbocycles. The van der Waals surface area contributed by atoms with Crippen molar-refractivity contribution in [2.45, 2.75) is 6.92 Å². The van der Waals surface area contributed by atoms with Gasteiger partial charge in [0.2, 0.25) is 0 Å². The SMILES string of the molecule is Cc1ccn2ncc(C#N)c2n1. The lowest BCUT2D eigenvalue weighted by molar-refractivity contribution is 0.929. The van der Waals surface area contributed by atoms with E-state index < -0.39 is 0 Å². The molecule has 12 heavy (non-hydrogen) atoms. The van der Waals surface area contributed by atoms with Gasteiger partial charge in [-0.05, 0) is 13.0 Å². The maximum Gasteiger partial charge on any atom is 0.173 e. The van der Waals surface area contributed by atoms with Gasteiger partial charge in [0.1, 0.15) is 11.6 Å². The molecule has 0 aliphatic heterocycles. The second-order valence-electron chi connectivity index (χ2n) is 2.51. The van der Waals surface area contributed by atoms with Crippen LogP contribution in [0.15, 0.2) is 18.5 Å². The summed E-state index contributed by atoms with van der Waals surface area (Å²) in [5, 5.41) is 12.6. The molecule has 58 valence electrons. The van der Waals surface area contributed by atoms with Crippen LogP contribution in [0.5, 0.6) is 0 Å². The molecule has 2 aromatic rings. The van der Waals surface area contributed by atoms with E-state index in [1.165, 1.54) is 6.20 Å². The van der Waals surface area contributed by atoms with Gasteiger partial charge in [-0.3, -0.25) is 0 Å². The summed E-state index contributed by atoms with van der Waals surface area (Å²) in [6.45, 7) is 1.88. The molecular formula is C8H6N4. The normalized spacial score (nSPS) is 10.0. The van der Waals surface area contributed by atoms with Crippen molar-refractivity contribution in [1.82, 2.24) is 14.6 Å². The molecule has 0 radical (unpaired) electrons. The Morgan fingerprint density at radius 1 is 1.58 bits per heavy atom. The number of rotatable bonds is 0. The largest absolute Gasteiger partial charge is 0.233 e. The highest BCUT2D eigenvalue weighted by molar-refractivity contribution is 5.53. The molecule has 2 heterocycles. The van der Waals surface area contributed by atoms with Crippen LogP contribution in [0.4, 0.5) is 0 Å². The average molecular weight is 158 g/mol. The standard InChI is InChI=1S/C8H6N4/c1-6-2-3-12-8(11-6)7(4-9)5-10-12/h2-3,5H,1H3. The molecule has 0 atom stereocenters. The lowest BCUT2D eigenvalue weighted by Gasteiger charge is -1.92. The summed E-state index contributed by atoms with van der Waals surface area (Å²) < 4.78 is 1.59. The van der Waals surface area contributed by atoms with Crippen LogP contribution in [0.25, 0.3) is 5.65 Å². The van der Waals surface area contributed by atoms with Gasteiger partial charge < -0.3 is 0 Å². The minimum atomic E-state index is 0.513. The van der Waals surface area contributed by atoms with Crippen LogP contribution < -0.4 is 0 Å². The van der Waals surface area contributed by atoms with Crippen molar-refractivity contribution < 1.29 is 0 Å². The Balaban J connectivity index is 2.86. The first-order chi connectivity index (χ1) is 5.81. The fraction of sp³-hybridized carbons (Fsp3) is 0.125. The summed E-state index contributed by atoms with van der Waals surface area (Å²) in [6, 6.07) is 3.88. The van der Waals surface area contributed by atoms with Gasteiger partial charge in [-0.15, -0.1) is 0 Å². The van der Waals surface area contributed by atoms with Crippen LogP contribution in [0.1, 0.15) is 11.3 Å². The third-order valence-corrected chi connectivity index (χ3v) is 1.63. The molecule has 0 saturated carbocycles. The minimum absolute atomic E-state index is 0.513. The highest BCUT2D eigenvalue weighted by Crippen LogP contribution is 2.06. The molecule has 0 bridgehead atoms. The first-order valence-corrected chi connectivity index (χ1v) is 3.52. The zero-order valence-electron chi connectivity index (χ0n) is 6.52. The molecule has 0 spiro atoms. The van der Waals surface area contributed by atoms with Gasteiger partial charge in [0, 0.05) is 11.9 Å². The van der Waals surface area contributed by atoms with Gasteiger partial charge in [0.25, 0.3) is 0 Å². The number of hydrogen-bond donors (Lipinski definition) is 0. The molecule has 0 saturated heterocycles. The Bertz CT molecular complexity index is 463. The van der Waals surface area contributed by atoms with Crippen molar-refractivity contribution in [3.63, 3.8) is 0 Å². The number of aryl methyl sites for hydroxylation is 1. The third-order valence-electron chi connectivity index (χ3n) is 1.63. The van der Waals surface area contributed by atoms with Crippen LogP contribution in [-0.4, -0.2) is 14.6 Å². The lowest BCUT2D eigenvalue weighted by atomic mass is 10.3. The van der Waals surface area contributed by atoms with Gasteiger partial charge in [-0.25, -0.2) is 9.50 Å². The zero-order chi connectivity index (χ0) is 8.55. The van der Waals surface area contributed by atoms with Gasteiger partial charge in [0.15, 0.2) is 5.65 Å². The Morgan fingerprint density at radius 2 is 2.42 bits per heavy atom. The predicted octanol–water partition coefficient (Wildman–Crippen LogP) is 0.909. The Labute approximate surface area is 69.1 Å². The monoisotopic (exact) mass is 158 g/mol. The summed E-state index contributed by atoms with van der Waals surface area (Å²) in [6.07, 6.45) is 3.31. The fourth-order valence-corrected chi connectivity index (χ4v) is 1.04. The fourth-order valence-electron chi connectivity index (χ4n) is 1.04. The molecule has 0 amide bonds. The molecule has 2 aromatic heterocycles. The maximum absolute atomic E-state index is 8.67. The summed E-state index contributed by atoms with van der Waals surface area (Å²) in [5.74, 6) is 0. The van der Waals surface area contributed by atoms with Gasteiger partial charge in [0.05, 0.1) is 6.20 Å². The van der Waals surface area contributed by atoms with Crippen LogP contribution in [0.3, 0.4) is 0 Å². The van der Waals surface area contributed by atoms with Crippen LogP contribution in [-0.2, 0) is 0 Å². The first kappa shape index (κ1) is 6.80. The molecule has 2 rings (SSSR count). The van der Waals surface area contributed by atoms with E-state index in [9.17, 15) is 0 Å². The maximum atomic E-state index is 8.67. The van der Waals surface area contributed by atoms with E-state index in [2.05, 4.69) is 10.1 Å². The Morgan fingerprint density at radius 3 is 3.17 bits per heavy atom. The molecule has 0 N–H and O–H groups in total. The van der Waals surface area contributed by atoms with E-state index >= 15 is 0 Å². The predicted molar refractivity (Wildman–Crippen MR) is 42.4 cm³/mol. The van der Waals surface area contributed by atoms with E-state index in [0.717, 1.165) is 5.69 Å². The van der Waals surface area contributed by atoms with E-state index in [4.69, 9.17) is 5.26 Å². The number of nitrogens with zero attached hydrogens (tertiary/aromatic N) is 4. The molecule has 0 unspecified atom stereocenters. The van der Waals surface area contributed by atoms with E-state index in [-0.39, 0.29) is 0 Å². The summed E-state index contributed by atoms with van der Waals surface area (Å²) >= 11 is 0. The summed E-state index contributed by atoms with van der Waals surface area (Å²) in [7, 11) is 0. The molecule has 0 fully saturated rings. The average Bonchev–Trinajstić information content (AvgIpc) is 2.46. The number of hydrogen-bond acceptors (Lipinski definition) is 3. The zero-order valence-corrected chi connectivity index (χ0v) is 6.52. The van der Waals surface area contributed by atoms with E-state index in [1.54, 1.807) is 10.7 Å². The van der Waals surface area contributed by atoms with Gasteiger partial charge in [-0.1, -0.05) is 0 Å². The summed E-state index contributed by atoms with van der Waals surface area (Å²) in [4.78, 5) is 4.18. The number of fused-ring (bicyclic) bond motifs is 1. The van der Waals surface area contributed by atoms with E-state index in [1.807, 2.05) is 19.1 Å². The van der Waals surface area contributed by atoms with Crippen molar-refractivity contribution in [1.29, 1.82) is 5.26 Å². The molecule has 4 nitrogen and oxygen atoms in total. The summed E-state index contributed by atoms with van der Waals surface area (Å²) in [5.41, 5.74) is 2.02. The Hall–Kier alpha value is -1.89. The highest BCUT2D eigenvalue weighted by atomic mass is 15.2. The van der Waals surface area contributed by atoms with Crippen LogP contribution in [0, 0.1) is 18.3 Å². The highest BCUT2D eigenvalue weighted by Gasteiger charge is 2.02. The van der Waals surface area contributed by atoms with Crippen LogP contribution in [0.2, 0.25) is 0 Å². The second-order valence-corrected chi connectivity index (χ2v) is 2.51. The quantitative estimate of drug-likeness (QED) is 0.572. The molecular weight excluding hydrogens is 152 g/mol. The molecule has 0 aliphatic carbocycles. The van der Waals surface area contributed by atoms with Crippen molar-refractivity contribution in [2.24, 2.45) is 0 Å². The van der Waals surface area contributed by atoms with E-state index in [0.29, 0.717) is 11.2 Å². The van der Waals surface area contributed by atoms with Crippen molar-refractivity contribution in [3.05, 3.63) is 29.7 Å². The lowest BCUT2D eigenvalue weighted by Crippen LogP contribution is -1.91. The van der Waals surface area contributed by atoms with Gasteiger partial charge in [-0.2, -0.15) is 10.4 Å². The third kappa shape index (κ3) is 0.839. The van der Waals surface area contributed by atoms with Gasteiger partial charge >= 0.3 is 0 Å². The Kier molecular flexibility index (Phi) is 1.31.